The van der Waals surface area contributed by atoms with Gasteiger partial charge in [-0.2, -0.15) is 0 Å². The fraction of sp³-hybridized carbons (Fsp3) is 0.933. The SMILES string of the molecule is CCOCCN(CC)CCCC(C)(NC)C(=O)OCC. The summed E-state index contributed by atoms with van der Waals surface area (Å²) in [6.45, 7) is 12.8. The molecule has 0 aromatic rings. The zero-order chi connectivity index (χ0) is 15.4. The van der Waals surface area contributed by atoms with Gasteiger partial charge in [0.1, 0.15) is 5.54 Å². The summed E-state index contributed by atoms with van der Waals surface area (Å²) in [5, 5.41) is 3.09. The van der Waals surface area contributed by atoms with Crippen molar-refractivity contribution in [3.8, 4) is 0 Å². The number of hydrogen-bond acceptors (Lipinski definition) is 5. The number of carbonyl (C=O) groups excluding carboxylic acids is 1. The fourth-order valence-electron chi connectivity index (χ4n) is 2.04. The highest BCUT2D eigenvalue weighted by Crippen LogP contribution is 2.14. The van der Waals surface area contributed by atoms with Crippen LogP contribution in [0.4, 0.5) is 0 Å². The number of likely N-dealkylation sites (N-methyl/N-ethyl adjacent to an activating group) is 2. The molecule has 0 saturated carbocycles. The number of esters is 1. The Morgan fingerprint density at radius 1 is 1.20 bits per heavy atom. The van der Waals surface area contributed by atoms with Gasteiger partial charge in [-0.05, 0) is 53.8 Å². The van der Waals surface area contributed by atoms with Crippen LogP contribution in [0.3, 0.4) is 0 Å². The molecular formula is C15H32N2O3. The summed E-state index contributed by atoms with van der Waals surface area (Å²) in [5.74, 6) is -0.167. The van der Waals surface area contributed by atoms with Crippen molar-refractivity contribution in [3.05, 3.63) is 0 Å². The molecule has 1 N–H and O–H groups in total. The molecule has 0 saturated heterocycles. The third-order valence-corrected chi connectivity index (χ3v) is 3.63. The molecule has 0 aliphatic carbocycles. The van der Waals surface area contributed by atoms with Gasteiger partial charge in [0.2, 0.25) is 0 Å². The first-order valence-electron chi connectivity index (χ1n) is 7.70. The average molecular weight is 288 g/mol. The maximum absolute atomic E-state index is 11.9. The Morgan fingerprint density at radius 2 is 1.90 bits per heavy atom. The second-order valence-electron chi connectivity index (χ2n) is 5.04. The number of carbonyl (C=O) groups is 1. The molecule has 0 fully saturated rings. The van der Waals surface area contributed by atoms with Gasteiger partial charge in [0.25, 0.3) is 0 Å². The Labute approximate surface area is 124 Å². The standard InChI is InChI=1S/C15H32N2O3/c1-6-17(12-13-19-7-2)11-9-10-15(4,16-5)14(18)20-8-3/h16H,6-13H2,1-5H3. The van der Waals surface area contributed by atoms with Crippen LogP contribution in [0.1, 0.15) is 40.5 Å². The number of nitrogens with one attached hydrogen (secondary N) is 1. The zero-order valence-corrected chi connectivity index (χ0v) is 13.8. The first kappa shape index (κ1) is 19.4. The van der Waals surface area contributed by atoms with Gasteiger partial charge in [0.15, 0.2) is 0 Å². The summed E-state index contributed by atoms with van der Waals surface area (Å²) < 4.78 is 10.5. The molecule has 0 heterocycles. The molecule has 0 spiro atoms. The van der Waals surface area contributed by atoms with Crippen LogP contribution in [0.2, 0.25) is 0 Å². The van der Waals surface area contributed by atoms with Crippen molar-refractivity contribution in [1.82, 2.24) is 10.2 Å². The van der Waals surface area contributed by atoms with Crippen LogP contribution in [0.15, 0.2) is 0 Å². The molecule has 0 aliphatic heterocycles. The van der Waals surface area contributed by atoms with Crippen LogP contribution in [-0.4, -0.2) is 62.9 Å². The van der Waals surface area contributed by atoms with E-state index in [1.807, 2.05) is 27.8 Å². The molecule has 120 valence electrons. The summed E-state index contributed by atoms with van der Waals surface area (Å²) in [6.07, 6.45) is 1.73. The van der Waals surface area contributed by atoms with E-state index in [4.69, 9.17) is 9.47 Å². The first-order valence-corrected chi connectivity index (χ1v) is 7.70. The minimum atomic E-state index is -0.588. The van der Waals surface area contributed by atoms with Crippen molar-refractivity contribution in [1.29, 1.82) is 0 Å². The maximum Gasteiger partial charge on any atom is 0.326 e. The maximum atomic E-state index is 11.9. The zero-order valence-electron chi connectivity index (χ0n) is 13.8. The van der Waals surface area contributed by atoms with Gasteiger partial charge in [-0.25, -0.2) is 0 Å². The van der Waals surface area contributed by atoms with Crippen LogP contribution in [0.5, 0.6) is 0 Å². The summed E-state index contributed by atoms with van der Waals surface area (Å²) in [5.41, 5.74) is -0.588. The van der Waals surface area contributed by atoms with E-state index >= 15 is 0 Å². The summed E-state index contributed by atoms with van der Waals surface area (Å²) in [4.78, 5) is 14.3. The summed E-state index contributed by atoms with van der Waals surface area (Å²) in [6, 6.07) is 0. The molecule has 0 radical (unpaired) electrons. The minimum absolute atomic E-state index is 0.167. The average Bonchev–Trinajstić information content (AvgIpc) is 2.45. The lowest BCUT2D eigenvalue weighted by atomic mass is 9.96. The molecule has 0 aliphatic rings. The van der Waals surface area contributed by atoms with Crippen LogP contribution in [0, 0.1) is 0 Å². The molecule has 1 atom stereocenters. The second-order valence-corrected chi connectivity index (χ2v) is 5.04. The summed E-state index contributed by atoms with van der Waals surface area (Å²) >= 11 is 0. The van der Waals surface area contributed by atoms with Gasteiger partial charge in [-0.1, -0.05) is 6.92 Å². The van der Waals surface area contributed by atoms with Crippen molar-refractivity contribution < 1.29 is 14.3 Å². The van der Waals surface area contributed by atoms with Gasteiger partial charge < -0.3 is 19.7 Å². The Balaban J connectivity index is 4.12. The van der Waals surface area contributed by atoms with Gasteiger partial charge in [-0.15, -0.1) is 0 Å². The molecule has 5 nitrogen and oxygen atoms in total. The Hall–Kier alpha value is -0.650. The number of rotatable bonds is 12. The van der Waals surface area contributed by atoms with Crippen molar-refractivity contribution in [3.63, 3.8) is 0 Å². The van der Waals surface area contributed by atoms with Gasteiger partial charge in [0.05, 0.1) is 13.2 Å². The Morgan fingerprint density at radius 3 is 2.40 bits per heavy atom. The van der Waals surface area contributed by atoms with E-state index in [9.17, 15) is 4.79 Å². The molecule has 0 amide bonds. The highest BCUT2D eigenvalue weighted by atomic mass is 16.5. The lowest BCUT2D eigenvalue weighted by Gasteiger charge is -2.28. The van der Waals surface area contributed by atoms with Crippen molar-refractivity contribution in [2.75, 3.05) is 46.5 Å². The normalized spacial score (nSPS) is 14.3. The fourth-order valence-corrected chi connectivity index (χ4v) is 2.04. The topological polar surface area (TPSA) is 50.8 Å². The molecule has 0 bridgehead atoms. The van der Waals surface area contributed by atoms with Gasteiger partial charge >= 0.3 is 5.97 Å². The molecule has 1 unspecified atom stereocenters. The molecule has 0 aromatic heterocycles. The van der Waals surface area contributed by atoms with Crippen molar-refractivity contribution >= 4 is 5.97 Å². The highest BCUT2D eigenvalue weighted by Gasteiger charge is 2.32. The van der Waals surface area contributed by atoms with Crippen LogP contribution in [0.25, 0.3) is 0 Å². The first-order chi connectivity index (χ1) is 9.53. The Kier molecular flexibility index (Phi) is 10.7. The third kappa shape index (κ3) is 7.22. The molecule has 20 heavy (non-hydrogen) atoms. The minimum Gasteiger partial charge on any atom is -0.465 e. The van der Waals surface area contributed by atoms with E-state index in [1.165, 1.54) is 0 Å². The van der Waals surface area contributed by atoms with Crippen LogP contribution in [-0.2, 0) is 14.3 Å². The highest BCUT2D eigenvalue weighted by molar-refractivity contribution is 5.80. The molecule has 0 aromatic carbocycles. The van der Waals surface area contributed by atoms with Crippen LogP contribution < -0.4 is 5.32 Å². The van der Waals surface area contributed by atoms with Crippen molar-refractivity contribution in [2.24, 2.45) is 0 Å². The molecule has 5 heteroatoms. The van der Waals surface area contributed by atoms with E-state index in [1.54, 1.807) is 0 Å². The van der Waals surface area contributed by atoms with Crippen molar-refractivity contribution in [2.45, 2.75) is 46.1 Å². The van der Waals surface area contributed by atoms with Gasteiger partial charge in [0, 0.05) is 13.2 Å². The number of hydrogen-bond donors (Lipinski definition) is 1. The predicted molar refractivity (Wildman–Crippen MR) is 81.9 cm³/mol. The van der Waals surface area contributed by atoms with E-state index in [2.05, 4.69) is 17.1 Å². The van der Waals surface area contributed by atoms with E-state index < -0.39 is 5.54 Å². The van der Waals surface area contributed by atoms with E-state index in [-0.39, 0.29) is 5.97 Å². The number of ether oxygens (including phenoxy) is 2. The Bertz CT molecular complexity index is 262. The molecule has 0 rings (SSSR count). The smallest absolute Gasteiger partial charge is 0.326 e. The largest absolute Gasteiger partial charge is 0.465 e. The second kappa shape index (κ2) is 11.1. The predicted octanol–water partition coefficient (Wildman–Crippen LogP) is 1.67. The lowest BCUT2D eigenvalue weighted by molar-refractivity contribution is -0.150. The quantitative estimate of drug-likeness (QED) is 0.437. The lowest BCUT2D eigenvalue weighted by Crippen LogP contribution is -2.49. The third-order valence-electron chi connectivity index (χ3n) is 3.63. The monoisotopic (exact) mass is 288 g/mol. The van der Waals surface area contributed by atoms with Crippen LogP contribution >= 0.6 is 0 Å². The van der Waals surface area contributed by atoms with E-state index in [0.717, 1.165) is 45.7 Å². The number of nitrogens with zero attached hydrogens (tertiary/aromatic N) is 1. The van der Waals surface area contributed by atoms with E-state index in [0.29, 0.717) is 6.61 Å². The summed E-state index contributed by atoms with van der Waals surface area (Å²) in [7, 11) is 1.81. The van der Waals surface area contributed by atoms with Gasteiger partial charge in [-0.3, -0.25) is 4.79 Å². The molecular weight excluding hydrogens is 256 g/mol.